The Hall–Kier alpha value is -1.46. The lowest BCUT2D eigenvalue weighted by Gasteiger charge is -2.23. The molecule has 0 saturated heterocycles. The zero-order valence-electron chi connectivity index (χ0n) is 11.3. The molecule has 5 heteroatoms. The molecule has 0 fully saturated rings. The lowest BCUT2D eigenvalue weighted by Crippen LogP contribution is -2.52. The van der Waals surface area contributed by atoms with Gasteiger partial charge in [-0.1, -0.05) is 25.5 Å². The van der Waals surface area contributed by atoms with Gasteiger partial charge >= 0.3 is 0 Å². The molecule has 0 aliphatic heterocycles. The molecule has 0 saturated carbocycles. The minimum Gasteiger partial charge on any atom is -0.387 e. The highest BCUT2D eigenvalue weighted by atomic mass is 19.1. The van der Waals surface area contributed by atoms with Gasteiger partial charge in [0.1, 0.15) is 5.82 Å². The van der Waals surface area contributed by atoms with Crippen LogP contribution in [-0.4, -0.2) is 23.1 Å². The molecule has 1 rings (SSSR count). The van der Waals surface area contributed by atoms with Crippen molar-refractivity contribution in [3.05, 3.63) is 35.6 Å². The van der Waals surface area contributed by atoms with Crippen molar-refractivity contribution in [3.63, 3.8) is 0 Å². The summed E-state index contributed by atoms with van der Waals surface area (Å²) in [6.07, 6.45) is 0.416. The summed E-state index contributed by atoms with van der Waals surface area (Å²) < 4.78 is 13.0. The molecular formula is C14H21FN2O2. The minimum atomic E-state index is -0.948. The zero-order valence-corrected chi connectivity index (χ0v) is 11.3. The minimum absolute atomic E-state index is 0.0127. The van der Waals surface area contributed by atoms with E-state index in [9.17, 15) is 14.3 Å². The normalized spacial score (nSPS) is 15.6. The predicted octanol–water partition coefficient (Wildman–Crippen LogP) is 1.49. The summed E-state index contributed by atoms with van der Waals surface area (Å²) in [5.41, 5.74) is 5.34. The molecule has 4 nitrogen and oxygen atoms in total. The Labute approximate surface area is 112 Å². The molecule has 0 bridgehead atoms. The quantitative estimate of drug-likeness (QED) is 0.731. The van der Waals surface area contributed by atoms with E-state index in [1.165, 1.54) is 18.2 Å². The van der Waals surface area contributed by atoms with Gasteiger partial charge in [0.05, 0.1) is 11.6 Å². The van der Waals surface area contributed by atoms with E-state index in [4.69, 9.17) is 5.73 Å². The first kappa shape index (κ1) is 15.6. The van der Waals surface area contributed by atoms with Crippen molar-refractivity contribution in [1.82, 2.24) is 5.32 Å². The summed E-state index contributed by atoms with van der Waals surface area (Å²) in [4.78, 5) is 11.8. The number of aliphatic hydroxyl groups is 1. The standard InChI is InChI=1S/C14H21FN2O2/c1-3-7-14(2,16)13(19)17-9-12(18)10-5-4-6-11(15)8-10/h4-6,8,12,18H,3,7,9,16H2,1-2H3,(H,17,19). The van der Waals surface area contributed by atoms with E-state index in [1.54, 1.807) is 13.0 Å². The van der Waals surface area contributed by atoms with Gasteiger partial charge < -0.3 is 16.2 Å². The molecule has 1 aromatic rings. The van der Waals surface area contributed by atoms with E-state index in [2.05, 4.69) is 5.32 Å². The molecule has 1 amide bonds. The molecule has 0 aromatic heterocycles. The van der Waals surface area contributed by atoms with E-state index in [0.717, 1.165) is 6.42 Å². The van der Waals surface area contributed by atoms with Crippen molar-refractivity contribution >= 4 is 5.91 Å². The highest BCUT2D eigenvalue weighted by Gasteiger charge is 2.27. The summed E-state index contributed by atoms with van der Waals surface area (Å²) >= 11 is 0. The molecule has 0 aliphatic rings. The maximum absolute atomic E-state index is 13.0. The first-order valence-electron chi connectivity index (χ1n) is 6.37. The van der Waals surface area contributed by atoms with Gasteiger partial charge in [-0.3, -0.25) is 4.79 Å². The van der Waals surface area contributed by atoms with Gasteiger partial charge in [-0.05, 0) is 31.0 Å². The molecule has 1 aromatic carbocycles. The molecule has 106 valence electrons. The van der Waals surface area contributed by atoms with Crippen LogP contribution < -0.4 is 11.1 Å². The lowest BCUT2D eigenvalue weighted by molar-refractivity contribution is -0.126. The number of halogens is 1. The van der Waals surface area contributed by atoms with Crippen molar-refractivity contribution in [2.45, 2.75) is 38.3 Å². The van der Waals surface area contributed by atoms with Crippen LogP contribution in [0, 0.1) is 5.82 Å². The van der Waals surface area contributed by atoms with E-state index in [1.807, 2.05) is 6.92 Å². The molecule has 2 unspecified atom stereocenters. The average molecular weight is 268 g/mol. The van der Waals surface area contributed by atoms with Gasteiger partial charge in [0, 0.05) is 6.54 Å². The van der Waals surface area contributed by atoms with Crippen LogP contribution >= 0.6 is 0 Å². The predicted molar refractivity (Wildman–Crippen MR) is 71.9 cm³/mol. The molecule has 2 atom stereocenters. The van der Waals surface area contributed by atoms with Gasteiger partial charge in [-0.2, -0.15) is 0 Å². The van der Waals surface area contributed by atoms with Crippen LogP contribution in [0.3, 0.4) is 0 Å². The molecule has 0 radical (unpaired) electrons. The topological polar surface area (TPSA) is 75.4 Å². The number of nitrogens with one attached hydrogen (secondary N) is 1. The van der Waals surface area contributed by atoms with Crippen LogP contribution in [0.1, 0.15) is 38.4 Å². The first-order chi connectivity index (χ1) is 8.86. The van der Waals surface area contributed by atoms with Crippen molar-refractivity contribution in [1.29, 1.82) is 0 Å². The van der Waals surface area contributed by atoms with Crippen molar-refractivity contribution in [2.75, 3.05) is 6.54 Å². The van der Waals surface area contributed by atoms with Crippen LogP contribution in [0.5, 0.6) is 0 Å². The summed E-state index contributed by atoms with van der Waals surface area (Å²) in [7, 11) is 0. The second-order valence-corrected chi connectivity index (χ2v) is 4.95. The van der Waals surface area contributed by atoms with Gasteiger partial charge in [-0.25, -0.2) is 4.39 Å². The van der Waals surface area contributed by atoms with Crippen molar-refractivity contribution in [3.8, 4) is 0 Å². The van der Waals surface area contributed by atoms with Crippen LogP contribution in [-0.2, 0) is 4.79 Å². The van der Waals surface area contributed by atoms with Crippen LogP contribution in [0.25, 0.3) is 0 Å². The molecule has 4 N–H and O–H groups in total. The molecule has 0 heterocycles. The zero-order chi connectivity index (χ0) is 14.5. The Kier molecular flexibility index (Phi) is 5.44. The fourth-order valence-electron chi connectivity index (χ4n) is 1.86. The maximum atomic E-state index is 13.0. The number of hydrogen-bond acceptors (Lipinski definition) is 3. The van der Waals surface area contributed by atoms with E-state index < -0.39 is 17.5 Å². The van der Waals surface area contributed by atoms with Crippen LogP contribution in [0.15, 0.2) is 24.3 Å². The van der Waals surface area contributed by atoms with Crippen LogP contribution in [0.4, 0.5) is 4.39 Å². The Morgan fingerprint density at radius 3 is 2.84 bits per heavy atom. The number of benzene rings is 1. The lowest BCUT2D eigenvalue weighted by atomic mass is 9.96. The highest BCUT2D eigenvalue weighted by Crippen LogP contribution is 2.14. The first-order valence-corrected chi connectivity index (χ1v) is 6.37. The summed E-state index contributed by atoms with van der Waals surface area (Å²) in [5, 5.41) is 12.5. The summed E-state index contributed by atoms with van der Waals surface area (Å²) in [5.74, 6) is -0.734. The third-order valence-electron chi connectivity index (χ3n) is 2.98. The number of amides is 1. The SMILES string of the molecule is CCCC(C)(N)C(=O)NCC(O)c1cccc(F)c1. The molecule has 0 spiro atoms. The molecule has 19 heavy (non-hydrogen) atoms. The number of carbonyl (C=O) groups is 1. The Balaban J connectivity index is 2.55. The van der Waals surface area contributed by atoms with E-state index in [-0.39, 0.29) is 12.5 Å². The Morgan fingerprint density at radius 2 is 2.26 bits per heavy atom. The monoisotopic (exact) mass is 268 g/mol. The fraction of sp³-hybridized carbons (Fsp3) is 0.500. The average Bonchev–Trinajstić information content (AvgIpc) is 2.35. The van der Waals surface area contributed by atoms with Gasteiger partial charge in [-0.15, -0.1) is 0 Å². The molecule has 0 aliphatic carbocycles. The second kappa shape index (κ2) is 6.63. The fourth-order valence-corrected chi connectivity index (χ4v) is 1.86. The van der Waals surface area contributed by atoms with Crippen LogP contribution in [0.2, 0.25) is 0 Å². The smallest absolute Gasteiger partial charge is 0.239 e. The largest absolute Gasteiger partial charge is 0.387 e. The number of nitrogens with two attached hydrogens (primary N) is 1. The number of rotatable bonds is 6. The molecular weight excluding hydrogens is 247 g/mol. The number of carbonyl (C=O) groups excluding carboxylic acids is 1. The Bertz CT molecular complexity index is 435. The van der Waals surface area contributed by atoms with E-state index in [0.29, 0.717) is 12.0 Å². The van der Waals surface area contributed by atoms with Gasteiger partial charge in [0.15, 0.2) is 0 Å². The third-order valence-corrected chi connectivity index (χ3v) is 2.98. The maximum Gasteiger partial charge on any atom is 0.239 e. The van der Waals surface area contributed by atoms with Gasteiger partial charge in [0.25, 0.3) is 0 Å². The highest BCUT2D eigenvalue weighted by molar-refractivity contribution is 5.85. The number of aliphatic hydroxyl groups excluding tert-OH is 1. The van der Waals surface area contributed by atoms with E-state index >= 15 is 0 Å². The summed E-state index contributed by atoms with van der Waals surface area (Å²) in [6, 6.07) is 5.66. The van der Waals surface area contributed by atoms with Crippen molar-refractivity contribution in [2.24, 2.45) is 5.73 Å². The van der Waals surface area contributed by atoms with Crippen molar-refractivity contribution < 1.29 is 14.3 Å². The third kappa shape index (κ3) is 4.61. The second-order valence-electron chi connectivity index (χ2n) is 4.95. The summed E-state index contributed by atoms with van der Waals surface area (Å²) in [6.45, 7) is 3.61. The number of hydrogen-bond donors (Lipinski definition) is 3. The Morgan fingerprint density at radius 1 is 1.58 bits per heavy atom. The van der Waals surface area contributed by atoms with Gasteiger partial charge in [0.2, 0.25) is 5.91 Å².